The summed E-state index contributed by atoms with van der Waals surface area (Å²) in [6.07, 6.45) is 4.82. The van der Waals surface area contributed by atoms with Gasteiger partial charge in [-0.15, -0.1) is 0 Å². The molecule has 1 aromatic heterocycles. The Morgan fingerprint density at radius 3 is 2.22 bits per heavy atom. The van der Waals surface area contributed by atoms with Gasteiger partial charge < -0.3 is 10.6 Å². The Balaban J connectivity index is 2.19. The standard InChI is InChI=1S/C18H24N4O/c1-5-13-8-7-9-14(6-2)17(13)22-18(23)15-10-20-16(11-19-15)21-12(3)4/h7-12H,5-6H2,1-4H3,(H,20,21)(H,22,23). The van der Waals surface area contributed by atoms with Crippen LogP contribution in [0.1, 0.15) is 49.3 Å². The highest BCUT2D eigenvalue weighted by Crippen LogP contribution is 2.23. The molecule has 5 heteroatoms. The molecule has 0 bridgehead atoms. The van der Waals surface area contributed by atoms with E-state index in [0.29, 0.717) is 11.5 Å². The van der Waals surface area contributed by atoms with E-state index in [1.807, 2.05) is 32.0 Å². The Kier molecular flexibility index (Phi) is 5.68. The fraction of sp³-hybridized carbons (Fsp3) is 0.389. The van der Waals surface area contributed by atoms with Gasteiger partial charge in [-0.1, -0.05) is 32.0 Å². The van der Waals surface area contributed by atoms with Crippen molar-refractivity contribution < 1.29 is 4.79 Å². The summed E-state index contributed by atoms with van der Waals surface area (Å²) in [4.78, 5) is 20.9. The smallest absolute Gasteiger partial charge is 0.275 e. The molecule has 1 heterocycles. The first-order chi connectivity index (χ1) is 11.0. The van der Waals surface area contributed by atoms with Crippen molar-refractivity contribution in [3.8, 4) is 0 Å². The second-order valence-electron chi connectivity index (χ2n) is 5.70. The minimum Gasteiger partial charge on any atom is -0.367 e. The fourth-order valence-corrected chi connectivity index (χ4v) is 2.40. The summed E-state index contributed by atoms with van der Waals surface area (Å²) in [7, 11) is 0. The van der Waals surface area contributed by atoms with Gasteiger partial charge in [0.2, 0.25) is 0 Å². The van der Waals surface area contributed by atoms with Crippen LogP contribution in [0.5, 0.6) is 0 Å². The number of aromatic nitrogens is 2. The zero-order chi connectivity index (χ0) is 16.8. The lowest BCUT2D eigenvalue weighted by Crippen LogP contribution is -2.17. The maximum atomic E-state index is 12.4. The van der Waals surface area contributed by atoms with E-state index < -0.39 is 0 Å². The lowest BCUT2D eigenvalue weighted by atomic mass is 10.0. The molecule has 122 valence electrons. The van der Waals surface area contributed by atoms with E-state index in [2.05, 4.69) is 34.4 Å². The van der Waals surface area contributed by atoms with Gasteiger partial charge in [0.1, 0.15) is 11.5 Å². The second-order valence-corrected chi connectivity index (χ2v) is 5.70. The Morgan fingerprint density at radius 2 is 1.74 bits per heavy atom. The van der Waals surface area contributed by atoms with Crippen LogP contribution >= 0.6 is 0 Å². The lowest BCUT2D eigenvalue weighted by molar-refractivity contribution is 0.102. The third-order valence-corrected chi connectivity index (χ3v) is 3.56. The van der Waals surface area contributed by atoms with Crippen LogP contribution in [-0.2, 0) is 12.8 Å². The summed E-state index contributed by atoms with van der Waals surface area (Å²) in [5.74, 6) is 0.434. The summed E-state index contributed by atoms with van der Waals surface area (Å²) in [5.41, 5.74) is 3.47. The van der Waals surface area contributed by atoms with E-state index in [4.69, 9.17) is 0 Å². The molecular formula is C18H24N4O. The molecular weight excluding hydrogens is 288 g/mol. The van der Waals surface area contributed by atoms with Gasteiger partial charge in [0.25, 0.3) is 5.91 Å². The van der Waals surface area contributed by atoms with Gasteiger partial charge in [-0.05, 0) is 37.8 Å². The monoisotopic (exact) mass is 312 g/mol. The van der Waals surface area contributed by atoms with Gasteiger partial charge in [-0.25, -0.2) is 9.97 Å². The average Bonchev–Trinajstić information content (AvgIpc) is 2.55. The molecule has 1 amide bonds. The quantitative estimate of drug-likeness (QED) is 0.854. The highest BCUT2D eigenvalue weighted by molar-refractivity contribution is 6.03. The predicted octanol–water partition coefficient (Wildman–Crippen LogP) is 3.67. The zero-order valence-corrected chi connectivity index (χ0v) is 14.2. The summed E-state index contributed by atoms with van der Waals surface area (Å²) in [6, 6.07) is 6.37. The summed E-state index contributed by atoms with van der Waals surface area (Å²) < 4.78 is 0. The number of hydrogen-bond donors (Lipinski definition) is 2. The molecule has 0 fully saturated rings. The Labute approximate surface area is 137 Å². The van der Waals surface area contributed by atoms with Crippen LogP contribution in [0.25, 0.3) is 0 Å². The third-order valence-electron chi connectivity index (χ3n) is 3.56. The fourth-order valence-electron chi connectivity index (χ4n) is 2.40. The maximum Gasteiger partial charge on any atom is 0.275 e. The zero-order valence-electron chi connectivity index (χ0n) is 14.2. The first-order valence-corrected chi connectivity index (χ1v) is 8.05. The molecule has 2 N–H and O–H groups in total. The van der Waals surface area contributed by atoms with E-state index in [1.54, 1.807) is 6.20 Å². The second kappa shape index (κ2) is 7.72. The van der Waals surface area contributed by atoms with Crippen LogP contribution in [-0.4, -0.2) is 21.9 Å². The normalized spacial score (nSPS) is 10.7. The van der Waals surface area contributed by atoms with Crippen molar-refractivity contribution in [1.82, 2.24) is 9.97 Å². The first-order valence-electron chi connectivity index (χ1n) is 8.05. The molecule has 0 radical (unpaired) electrons. The summed E-state index contributed by atoms with van der Waals surface area (Å²) in [6.45, 7) is 8.21. The minimum atomic E-state index is -0.232. The van der Waals surface area contributed by atoms with E-state index in [-0.39, 0.29) is 11.9 Å². The van der Waals surface area contributed by atoms with Crippen molar-refractivity contribution in [2.24, 2.45) is 0 Å². The van der Waals surface area contributed by atoms with Crippen LogP contribution in [0, 0.1) is 0 Å². The predicted molar refractivity (Wildman–Crippen MR) is 93.9 cm³/mol. The molecule has 23 heavy (non-hydrogen) atoms. The van der Waals surface area contributed by atoms with Gasteiger partial charge in [0.05, 0.1) is 12.4 Å². The lowest BCUT2D eigenvalue weighted by Gasteiger charge is -2.14. The van der Waals surface area contributed by atoms with Gasteiger partial charge in [-0.3, -0.25) is 4.79 Å². The molecule has 0 unspecified atom stereocenters. The highest BCUT2D eigenvalue weighted by Gasteiger charge is 2.13. The van der Waals surface area contributed by atoms with Crippen LogP contribution in [0.4, 0.5) is 11.5 Å². The van der Waals surface area contributed by atoms with Gasteiger partial charge in [0.15, 0.2) is 0 Å². The van der Waals surface area contributed by atoms with Crippen LogP contribution in [0.2, 0.25) is 0 Å². The molecule has 0 saturated heterocycles. The van der Waals surface area contributed by atoms with E-state index in [1.165, 1.54) is 6.20 Å². The van der Waals surface area contributed by atoms with Crippen molar-refractivity contribution >= 4 is 17.4 Å². The van der Waals surface area contributed by atoms with Crippen LogP contribution < -0.4 is 10.6 Å². The van der Waals surface area contributed by atoms with Crippen LogP contribution in [0.3, 0.4) is 0 Å². The molecule has 1 aromatic carbocycles. The van der Waals surface area contributed by atoms with E-state index in [9.17, 15) is 4.79 Å². The number of nitrogens with one attached hydrogen (secondary N) is 2. The number of para-hydroxylation sites is 1. The van der Waals surface area contributed by atoms with Gasteiger partial charge in [-0.2, -0.15) is 0 Å². The molecule has 5 nitrogen and oxygen atoms in total. The Hall–Kier alpha value is -2.43. The molecule has 0 atom stereocenters. The van der Waals surface area contributed by atoms with Crippen molar-refractivity contribution in [2.75, 3.05) is 10.6 Å². The number of benzene rings is 1. The summed E-state index contributed by atoms with van der Waals surface area (Å²) >= 11 is 0. The van der Waals surface area contributed by atoms with Crippen molar-refractivity contribution in [3.63, 3.8) is 0 Å². The minimum absolute atomic E-state index is 0.232. The number of aryl methyl sites for hydroxylation is 2. The largest absolute Gasteiger partial charge is 0.367 e. The maximum absolute atomic E-state index is 12.4. The number of hydrogen-bond acceptors (Lipinski definition) is 4. The SMILES string of the molecule is CCc1cccc(CC)c1NC(=O)c1cnc(NC(C)C)cn1. The molecule has 0 aliphatic carbocycles. The molecule has 0 saturated carbocycles. The number of nitrogens with zero attached hydrogens (tertiary/aromatic N) is 2. The number of amides is 1. The third kappa shape index (κ3) is 4.28. The van der Waals surface area contributed by atoms with Crippen molar-refractivity contribution in [1.29, 1.82) is 0 Å². The molecule has 0 spiro atoms. The number of carbonyl (C=O) groups is 1. The molecule has 2 rings (SSSR count). The number of carbonyl (C=O) groups excluding carboxylic acids is 1. The van der Waals surface area contributed by atoms with Gasteiger partial charge in [0, 0.05) is 11.7 Å². The van der Waals surface area contributed by atoms with E-state index in [0.717, 1.165) is 29.7 Å². The van der Waals surface area contributed by atoms with Crippen molar-refractivity contribution in [3.05, 3.63) is 47.4 Å². The molecule has 0 aliphatic heterocycles. The summed E-state index contributed by atoms with van der Waals surface area (Å²) in [5, 5.41) is 6.15. The topological polar surface area (TPSA) is 66.9 Å². The Morgan fingerprint density at radius 1 is 1.09 bits per heavy atom. The van der Waals surface area contributed by atoms with Gasteiger partial charge >= 0.3 is 0 Å². The van der Waals surface area contributed by atoms with Crippen molar-refractivity contribution in [2.45, 2.75) is 46.6 Å². The molecule has 2 aromatic rings. The van der Waals surface area contributed by atoms with E-state index >= 15 is 0 Å². The number of anilines is 2. The first kappa shape index (κ1) is 16.9. The highest BCUT2D eigenvalue weighted by atomic mass is 16.1. The molecule has 0 aliphatic rings. The average molecular weight is 312 g/mol. The Bertz CT molecular complexity index is 643. The van der Waals surface area contributed by atoms with Crippen LogP contribution in [0.15, 0.2) is 30.6 Å². The number of rotatable bonds is 6.